The molecule has 1 aromatic rings. The second-order valence-corrected chi connectivity index (χ2v) is 5.51. The molecule has 2 rings (SSSR count). The van der Waals surface area contributed by atoms with Gasteiger partial charge in [0.05, 0.1) is 18.0 Å². The van der Waals surface area contributed by atoms with E-state index in [1.54, 1.807) is 12.1 Å². The molecule has 1 aliphatic carbocycles. The maximum atomic E-state index is 11.7. The molecule has 0 aromatic carbocycles. The predicted molar refractivity (Wildman–Crippen MR) is 75.2 cm³/mol. The van der Waals surface area contributed by atoms with Gasteiger partial charge in [-0.1, -0.05) is 31.4 Å². The number of hydrogen-bond donors (Lipinski definition) is 1. The van der Waals surface area contributed by atoms with Crippen LogP contribution in [-0.4, -0.2) is 23.6 Å². The molecular formula is C14H19ClN2O2. The minimum Gasteiger partial charge on any atom is -0.368 e. The summed E-state index contributed by atoms with van der Waals surface area (Å²) in [5.74, 6) is 0.546. The van der Waals surface area contributed by atoms with Gasteiger partial charge in [0.25, 0.3) is 0 Å². The average molecular weight is 283 g/mol. The molecule has 0 saturated heterocycles. The van der Waals surface area contributed by atoms with E-state index < -0.39 is 0 Å². The molecule has 1 fully saturated rings. The summed E-state index contributed by atoms with van der Waals surface area (Å²) in [4.78, 5) is 15.6. The number of carbonyl (C=O) groups excluding carboxylic acids is 1. The first kappa shape index (κ1) is 14.3. The number of pyridine rings is 1. The zero-order valence-corrected chi connectivity index (χ0v) is 11.8. The van der Waals surface area contributed by atoms with Gasteiger partial charge in [-0.15, -0.1) is 0 Å². The van der Waals surface area contributed by atoms with Gasteiger partial charge in [-0.3, -0.25) is 4.79 Å². The first-order valence-electron chi connectivity index (χ1n) is 6.66. The number of rotatable bonds is 4. The van der Waals surface area contributed by atoms with Crippen LogP contribution in [0.5, 0.6) is 0 Å². The lowest BCUT2D eigenvalue weighted by molar-refractivity contribution is -0.123. The van der Waals surface area contributed by atoms with Gasteiger partial charge in [0.15, 0.2) is 0 Å². The molecule has 1 N–H and O–H groups in total. The SMILES string of the molecule is C[C@@H]1CCC[C@H](OCC(=O)Nc2ccc(Cl)nc2)C1. The molecule has 0 spiro atoms. The summed E-state index contributed by atoms with van der Waals surface area (Å²) in [6.07, 6.45) is 6.31. The van der Waals surface area contributed by atoms with E-state index in [0.29, 0.717) is 16.8 Å². The summed E-state index contributed by atoms with van der Waals surface area (Å²) < 4.78 is 5.65. The molecule has 1 saturated carbocycles. The second kappa shape index (κ2) is 6.87. The number of anilines is 1. The van der Waals surface area contributed by atoms with Gasteiger partial charge >= 0.3 is 0 Å². The van der Waals surface area contributed by atoms with Crippen LogP contribution in [0.25, 0.3) is 0 Å². The van der Waals surface area contributed by atoms with Gasteiger partial charge in [0, 0.05) is 0 Å². The summed E-state index contributed by atoms with van der Waals surface area (Å²) in [5, 5.41) is 3.14. The van der Waals surface area contributed by atoms with Crippen LogP contribution in [-0.2, 0) is 9.53 Å². The number of hydrogen-bond acceptors (Lipinski definition) is 3. The Morgan fingerprint density at radius 1 is 1.53 bits per heavy atom. The molecule has 0 radical (unpaired) electrons. The fraction of sp³-hybridized carbons (Fsp3) is 0.571. The lowest BCUT2D eigenvalue weighted by atomic mass is 9.89. The van der Waals surface area contributed by atoms with E-state index in [1.165, 1.54) is 19.0 Å². The maximum absolute atomic E-state index is 11.7. The van der Waals surface area contributed by atoms with Crippen LogP contribution < -0.4 is 5.32 Å². The third-order valence-electron chi connectivity index (χ3n) is 3.35. The van der Waals surface area contributed by atoms with Crippen molar-refractivity contribution in [1.29, 1.82) is 0 Å². The van der Waals surface area contributed by atoms with Crippen molar-refractivity contribution < 1.29 is 9.53 Å². The average Bonchev–Trinajstić information content (AvgIpc) is 2.39. The number of amides is 1. The van der Waals surface area contributed by atoms with Gasteiger partial charge < -0.3 is 10.1 Å². The highest BCUT2D eigenvalue weighted by molar-refractivity contribution is 6.29. The number of nitrogens with zero attached hydrogens (tertiary/aromatic N) is 1. The van der Waals surface area contributed by atoms with Crippen LogP contribution in [0, 0.1) is 5.92 Å². The Hall–Kier alpha value is -1.13. The van der Waals surface area contributed by atoms with E-state index in [2.05, 4.69) is 17.2 Å². The first-order chi connectivity index (χ1) is 9.13. The van der Waals surface area contributed by atoms with Crippen LogP contribution in [0.2, 0.25) is 5.15 Å². The van der Waals surface area contributed by atoms with Crippen molar-refractivity contribution in [2.75, 3.05) is 11.9 Å². The van der Waals surface area contributed by atoms with E-state index in [9.17, 15) is 4.79 Å². The van der Waals surface area contributed by atoms with Gasteiger partial charge in [-0.25, -0.2) is 4.98 Å². The Kier molecular flexibility index (Phi) is 5.16. The molecule has 4 nitrogen and oxygen atoms in total. The van der Waals surface area contributed by atoms with Gasteiger partial charge in [-0.05, 0) is 30.9 Å². The molecule has 1 heterocycles. The summed E-state index contributed by atoms with van der Waals surface area (Å²) in [7, 11) is 0. The Morgan fingerprint density at radius 3 is 3.05 bits per heavy atom. The summed E-state index contributed by atoms with van der Waals surface area (Å²) >= 11 is 5.68. The normalized spacial score (nSPS) is 23.1. The van der Waals surface area contributed by atoms with Crippen molar-refractivity contribution in [1.82, 2.24) is 4.98 Å². The maximum Gasteiger partial charge on any atom is 0.250 e. The molecule has 1 amide bonds. The Morgan fingerprint density at radius 2 is 2.37 bits per heavy atom. The van der Waals surface area contributed by atoms with E-state index in [0.717, 1.165) is 12.8 Å². The van der Waals surface area contributed by atoms with E-state index in [4.69, 9.17) is 16.3 Å². The highest BCUT2D eigenvalue weighted by atomic mass is 35.5. The Balaban J connectivity index is 1.73. The minimum absolute atomic E-state index is 0.0972. The molecular weight excluding hydrogens is 264 g/mol. The lowest BCUT2D eigenvalue weighted by Crippen LogP contribution is -2.26. The Bertz CT molecular complexity index is 422. The van der Waals surface area contributed by atoms with Crippen LogP contribution in [0.15, 0.2) is 18.3 Å². The monoisotopic (exact) mass is 282 g/mol. The number of aromatic nitrogens is 1. The van der Waals surface area contributed by atoms with Crippen molar-refractivity contribution in [3.8, 4) is 0 Å². The van der Waals surface area contributed by atoms with Crippen LogP contribution in [0.4, 0.5) is 5.69 Å². The molecule has 0 unspecified atom stereocenters. The fourth-order valence-electron chi connectivity index (χ4n) is 2.37. The Labute approximate surface area is 118 Å². The second-order valence-electron chi connectivity index (χ2n) is 5.12. The highest BCUT2D eigenvalue weighted by Crippen LogP contribution is 2.25. The largest absolute Gasteiger partial charge is 0.368 e. The predicted octanol–water partition coefficient (Wildman–Crippen LogP) is 3.27. The smallest absolute Gasteiger partial charge is 0.250 e. The minimum atomic E-state index is -0.151. The van der Waals surface area contributed by atoms with Gasteiger partial charge in [0.1, 0.15) is 11.8 Å². The molecule has 2 atom stereocenters. The van der Waals surface area contributed by atoms with E-state index in [1.807, 2.05) is 0 Å². The molecule has 1 aliphatic rings. The number of halogens is 1. The molecule has 5 heteroatoms. The number of ether oxygens (including phenoxy) is 1. The number of nitrogens with one attached hydrogen (secondary N) is 1. The molecule has 19 heavy (non-hydrogen) atoms. The lowest BCUT2D eigenvalue weighted by Gasteiger charge is -2.26. The van der Waals surface area contributed by atoms with E-state index in [-0.39, 0.29) is 18.6 Å². The van der Waals surface area contributed by atoms with E-state index >= 15 is 0 Å². The topological polar surface area (TPSA) is 51.2 Å². The van der Waals surface area contributed by atoms with Crippen LogP contribution >= 0.6 is 11.6 Å². The highest BCUT2D eigenvalue weighted by Gasteiger charge is 2.20. The first-order valence-corrected chi connectivity index (χ1v) is 7.04. The molecule has 104 valence electrons. The quantitative estimate of drug-likeness (QED) is 0.862. The van der Waals surface area contributed by atoms with Crippen LogP contribution in [0.3, 0.4) is 0 Å². The van der Waals surface area contributed by atoms with Crippen LogP contribution in [0.1, 0.15) is 32.6 Å². The molecule has 0 bridgehead atoms. The summed E-state index contributed by atoms with van der Waals surface area (Å²) in [5.41, 5.74) is 0.634. The van der Waals surface area contributed by atoms with Crippen molar-refractivity contribution in [2.45, 2.75) is 38.7 Å². The zero-order chi connectivity index (χ0) is 13.7. The van der Waals surface area contributed by atoms with Crippen molar-refractivity contribution >= 4 is 23.2 Å². The third-order valence-corrected chi connectivity index (χ3v) is 3.57. The van der Waals surface area contributed by atoms with Crippen molar-refractivity contribution in [3.05, 3.63) is 23.5 Å². The van der Waals surface area contributed by atoms with Crippen molar-refractivity contribution in [2.24, 2.45) is 5.92 Å². The standard InChI is InChI=1S/C14H19ClN2O2/c1-10-3-2-4-12(7-10)19-9-14(18)17-11-5-6-13(15)16-8-11/h5-6,8,10,12H,2-4,7,9H2,1H3,(H,17,18)/t10-,12+/m1/s1. The molecule has 1 aromatic heterocycles. The summed E-state index contributed by atoms with van der Waals surface area (Å²) in [6.45, 7) is 2.33. The van der Waals surface area contributed by atoms with Gasteiger partial charge in [-0.2, -0.15) is 0 Å². The van der Waals surface area contributed by atoms with Gasteiger partial charge in [0.2, 0.25) is 5.91 Å². The zero-order valence-electron chi connectivity index (χ0n) is 11.1. The number of carbonyl (C=O) groups is 1. The summed E-state index contributed by atoms with van der Waals surface area (Å²) in [6, 6.07) is 3.36. The third kappa shape index (κ3) is 4.80. The fourth-order valence-corrected chi connectivity index (χ4v) is 2.48. The van der Waals surface area contributed by atoms with Crippen molar-refractivity contribution in [3.63, 3.8) is 0 Å². The molecule has 0 aliphatic heterocycles.